The fourth-order valence-corrected chi connectivity index (χ4v) is 2.01. The van der Waals surface area contributed by atoms with E-state index in [-0.39, 0.29) is 12.5 Å². The standard InChI is InChI=1S/C16H22F3NO3/c1-4-20(15(21)12(3)23-11-10-22-5-2)14-8-6-13(7-9-14)16(17,18)19/h6-9,12H,4-5,10-11H2,1-3H3. The molecule has 0 aliphatic heterocycles. The average Bonchev–Trinajstić information content (AvgIpc) is 2.51. The lowest BCUT2D eigenvalue weighted by Gasteiger charge is -2.25. The Morgan fingerprint density at radius 2 is 1.78 bits per heavy atom. The fraction of sp³-hybridized carbons (Fsp3) is 0.562. The summed E-state index contributed by atoms with van der Waals surface area (Å²) in [6.45, 7) is 6.80. The third-order valence-corrected chi connectivity index (χ3v) is 3.24. The van der Waals surface area contributed by atoms with Crippen molar-refractivity contribution in [1.29, 1.82) is 0 Å². The van der Waals surface area contributed by atoms with Crippen LogP contribution in [0.25, 0.3) is 0 Å². The van der Waals surface area contributed by atoms with E-state index in [4.69, 9.17) is 9.47 Å². The molecule has 4 nitrogen and oxygen atoms in total. The number of amides is 1. The van der Waals surface area contributed by atoms with Crippen LogP contribution in [0.1, 0.15) is 26.3 Å². The van der Waals surface area contributed by atoms with Crippen molar-refractivity contribution in [3.8, 4) is 0 Å². The first-order valence-electron chi connectivity index (χ1n) is 7.49. The van der Waals surface area contributed by atoms with Crippen LogP contribution < -0.4 is 4.90 Å². The summed E-state index contributed by atoms with van der Waals surface area (Å²) in [5.41, 5.74) is -0.337. The van der Waals surface area contributed by atoms with Gasteiger partial charge in [-0.3, -0.25) is 4.79 Å². The third-order valence-electron chi connectivity index (χ3n) is 3.24. The SMILES string of the molecule is CCOCCOC(C)C(=O)N(CC)c1ccc(C(F)(F)F)cc1. The van der Waals surface area contributed by atoms with Crippen molar-refractivity contribution < 1.29 is 27.4 Å². The van der Waals surface area contributed by atoms with Crippen LogP contribution in [-0.2, 0) is 20.4 Å². The Hall–Kier alpha value is -1.60. The Morgan fingerprint density at radius 3 is 2.26 bits per heavy atom. The minimum absolute atomic E-state index is 0.283. The molecule has 1 atom stereocenters. The molecular formula is C16H22F3NO3. The number of ether oxygens (including phenoxy) is 2. The molecule has 0 radical (unpaired) electrons. The lowest BCUT2D eigenvalue weighted by Crippen LogP contribution is -2.39. The van der Waals surface area contributed by atoms with Gasteiger partial charge in [-0.25, -0.2) is 0 Å². The van der Waals surface area contributed by atoms with E-state index in [1.807, 2.05) is 6.92 Å². The maximum Gasteiger partial charge on any atom is 0.416 e. The molecule has 1 unspecified atom stereocenters. The first-order chi connectivity index (χ1) is 10.8. The minimum Gasteiger partial charge on any atom is -0.379 e. The quantitative estimate of drug-likeness (QED) is 0.684. The van der Waals surface area contributed by atoms with Crippen molar-refractivity contribution in [1.82, 2.24) is 0 Å². The van der Waals surface area contributed by atoms with Crippen molar-refractivity contribution in [3.63, 3.8) is 0 Å². The van der Waals surface area contributed by atoms with Gasteiger partial charge in [-0.05, 0) is 45.0 Å². The molecule has 0 aliphatic carbocycles. The monoisotopic (exact) mass is 333 g/mol. The van der Waals surface area contributed by atoms with E-state index in [2.05, 4.69) is 0 Å². The van der Waals surface area contributed by atoms with Crippen LogP contribution in [0.15, 0.2) is 24.3 Å². The number of halogens is 3. The van der Waals surface area contributed by atoms with Gasteiger partial charge in [0, 0.05) is 18.8 Å². The first-order valence-corrected chi connectivity index (χ1v) is 7.49. The van der Waals surface area contributed by atoms with Gasteiger partial charge >= 0.3 is 6.18 Å². The summed E-state index contributed by atoms with van der Waals surface area (Å²) in [6, 6.07) is 4.51. The molecular weight excluding hydrogens is 311 g/mol. The predicted molar refractivity (Wildman–Crippen MR) is 81.4 cm³/mol. The van der Waals surface area contributed by atoms with Crippen molar-refractivity contribution in [2.24, 2.45) is 0 Å². The number of likely N-dealkylation sites (N-methyl/N-ethyl adjacent to an activating group) is 1. The Bertz CT molecular complexity index is 488. The molecule has 23 heavy (non-hydrogen) atoms. The molecule has 1 amide bonds. The van der Waals surface area contributed by atoms with Crippen LogP contribution in [0.5, 0.6) is 0 Å². The van der Waals surface area contributed by atoms with Crippen LogP contribution in [-0.4, -0.2) is 38.4 Å². The normalized spacial score (nSPS) is 13.0. The maximum atomic E-state index is 12.6. The molecule has 1 rings (SSSR count). The molecule has 0 spiro atoms. The van der Waals surface area contributed by atoms with Gasteiger partial charge in [0.25, 0.3) is 5.91 Å². The second-order valence-corrected chi connectivity index (χ2v) is 4.84. The summed E-state index contributed by atoms with van der Waals surface area (Å²) >= 11 is 0. The molecule has 7 heteroatoms. The molecule has 0 bridgehead atoms. The minimum atomic E-state index is -4.39. The third kappa shape index (κ3) is 5.84. The van der Waals surface area contributed by atoms with Crippen molar-refractivity contribution in [3.05, 3.63) is 29.8 Å². The fourth-order valence-electron chi connectivity index (χ4n) is 2.01. The number of hydrogen-bond acceptors (Lipinski definition) is 3. The molecule has 0 fully saturated rings. The van der Waals surface area contributed by atoms with E-state index >= 15 is 0 Å². The van der Waals surface area contributed by atoms with Crippen LogP contribution in [0, 0.1) is 0 Å². The highest BCUT2D eigenvalue weighted by Gasteiger charge is 2.30. The summed E-state index contributed by atoms with van der Waals surface area (Å²) in [4.78, 5) is 13.8. The molecule has 0 aromatic heterocycles. The summed E-state index contributed by atoms with van der Waals surface area (Å²) in [7, 11) is 0. The largest absolute Gasteiger partial charge is 0.416 e. The number of benzene rings is 1. The Balaban J connectivity index is 2.73. The van der Waals surface area contributed by atoms with Gasteiger partial charge in [0.1, 0.15) is 6.10 Å². The van der Waals surface area contributed by atoms with Gasteiger partial charge in [0.2, 0.25) is 0 Å². The molecule has 0 N–H and O–H groups in total. The van der Waals surface area contributed by atoms with E-state index in [0.29, 0.717) is 25.4 Å². The van der Waals surface area contributed by atoms with E-state index < -0.39 is 17.8 Å². The number of carbonyl (C=O) groups excluding carboxylic acids is 1. The average molecular weight is 333 g/mol. The van der Waals surface area contributed by atoms with Crippen LogP contribution in [0.2, 0.25) is 0 Å². The second kappa shape index (κ2) is 8.88. The van der Waals surface area contributed by atoms with Crippen LogP contribution in [0.3, 0.4) is 0 Å². The molecule has 0 aliphatic rings. The lowest BCUT2D eigenvalue weighted by molar-refractivity contribution is -0.137. The highest BCUT2D eigenvalue weighted by Crippen LogP contribution is 2.30. The summed E-state index contributed by atoms with van der Waals surface area (Å²) in [6.07, 6.45) is -5.09. The zero-order valence-electron chi connectivity index (χ0n) is 13.5. The zero-order chi connectivity index (χ0) is 17.5. The van der Waals surface area contributed by atoms with Crippen LogP contribution >= 0.6 is 0 Å². The van der Waals surface area contributed by atoms with E-state index in [9.17, 15) is 18.0 Å². The molecule has 130 valence electrons. The first kappa shape index (κ1) is 19.4. The Morgan fingerprint density at radius 1 is 1.17 bits per heavy atom. The van der Waals surface area contributed by atoms with Crippen LogP contribution in [0.4, 0.5) is 18.9 Å². The van der Waals surface area contributed by atoms with Gasteiger partial charge in [-0.15, -0.1) is 0 Å². The number of anilines is 1. The van der Waals surface area contributed by atoms with E-state index in [0.717, 1.165) is 12.1 Å². The molecule has 0 saturated heterocycles. The molecule has 1 aromatic rings. The van der Waals surface area contributed by atoms with Crippen molar-refractivity contribution in [2.45, 2.75) is 33.1 Å². The Kier molecular flexibility index (Phi) is 7.51. The van der Waals surface area contributed by atoms with Gasteiger partial charge in [-0.1, -0.05) is 0 Å². The highest BCUT2D eigenvalue weighted by atomic mass is 19.4. The molecule has 0 saturated carbocycles. The smallest absolute Gasteiger partial charge is 0.379 e. The van der Waals surface area contributed by atoms with Gasteiger partial charge in [0.15, 0.2) is 0 Å². The highest BCUT2D eigenvalue weighted by molar-refractivity contribution is 5.96. The van der Waals surface area contributed by atoms with Gasteiger partial charge < -0.3 is 14.4 Å². The number of nitrogens with zero attached hydrogens (tertiary/aromatic N) is 1. The Labute approximate surface area is 134 Å². The molecule has 1 aromatic carbocycles. The summed E-state index contributed by atoms with van der Waals surface area (Å²) in [5, 5.41) is 0. The number of alkyl halides is 3. The summed E-state index contributed by atoms with van der Waals surface area (Å²) < 4.78 is 48.3. The number of hydrogen-bond donors (Lipinski definition) is 0. The van der Waals surface area contributed by atoms with Crippen molar-refractivity contribution in [2.75, 3.05) is 31.3 Å². The topological polar surface area (TPSA) is 38.8 Å². The summed E-state index contributed by atoms with van der Waals surface area (Å²) in [5.74, 6) is -0.302. The van der Waals surface area contributed by atoms with E-state index in [1.165, 1.54) is 17.0 Å². The van der Waals surface area contributed by atoms with Gasteiger partial charge in [-0.2, -0.15) is 13.2 Å². The number of rotatable bonds is 8. The maximum absolute atomic E-state index is 12.6. The predicted octanol–water partition coefficient (Wildman–Crippen LogP) is 3.50. The number of carbonyl (C=O) groups is 1. The van der Waals surface area contributed by atoms with Crippen molar-refractivity contribution >= 4 is 11.6 Å². The zero-order valence-corrected chi connectivity index (χ0v) is 13.5. The second-order valence-electron chi connectivity index (χ2n) is 4.84. The van der Waals surface area contributed by atoms with Gasteiger partial charge in [0.05, 0.1) is 18.8 Å². The molecule has 0 heterocycles. The van der Waals surface area contributed by atoms with E-state index in [1.54, 1.807) is 13.8 Å². The lowest BCUT2D eigenvalue weighted by atomic mass is 10.1.